The summed E-state index contributed by atoms with van der Waals surface area (Å²) in [6, 6.07) is 7.67. The Morgan fingerprint density at radius 2 is 2.12 bits per heavy atom. The zero-order valence-electron chi connectivity index (χ0n) is 8.62. The van der Waals surface area contributed by atoms with Gasteiger partial charge < -0.3 is 0 Å². The lowest BCUT2D eigenvalue weighted by atomic mass is 10.3. The topological polar surface area (TPSA) is 76.3 Å². The fourth-order valence-electron chi connectivity index (χ4n) is 1.27. The van der Waals surface area contributed by atoms with E-state index >= 15 is 0 Å². The summed E-state index contributed by atoms with van der Waals surface area (Å²) in [4.78, 5) is 4.32. The van der Waals surface area contributed by atoms with E-state index in [1.807, 2.05) is 24.3 Å². The predicted octanol–water partition coefficient (Wildman–Crippen LogP) is 0.932. The van der Waals surface area contributed by atoms with Crippen LogP contribution in [-0.4, -0.2) is 24.8 Å². The van der Waals surface area contributed by atoms with Crippen molar-refractivity contribution in [3.8, 4) is 0 Å². The number of hydrogen-bond acceptors (Lipinski definition) is 4. The quantitative estimate of drug-likeness (QED) is 0.888. The first-order valence-electron chi connectivity index (χ1n) is 4.55. The lowest BCUT2D eigenvalue weighted by Gasteiger charge is -2.10. The summed E-state index contributed by atoms with van der Waals surface area (Å²) >= 11 is 1.47. The van der Waals surface area contributed by atoms with Gasteiger partial charge in [0.2, 0.25) is 0 Å². The molecule has 0 amide bonds. The van der Waals surface area contributed by atoms with Gasteiger partial charge in [-0.1, -0.05) is 12.1 Å². The molecule has 0 fully saturated rings. The molecule has 0 aliphatic rings. The van der Waals surface area contributed by atoms with Crippen LogP contribution < -0.4 is 5.14 Å². The van der Waals surface area contributed by atoms with E-state index in [4.69, 9.17) is 5.14 Å². The molecule has 7 heteroatoms. The highest BCUT2D eigenvalue weighted by atomic mass is 32.2. The summed E-state index contributed by atoms with van der Waals surface area (Å²) in [5.74, 6) is 0. The van der Waals surface area contributed by atoms with Crippen molar-refractivity contribution in [3.63, 3.8) is 0 Å². The molecular weight excluding hydrogens is 246 g/mol. The van der Waals surface area contributed by atoms with E-state index in [1.54, 1.807) is 0 Å². The standard InChI is InChI=1S/C9H11N3O2S2/c1-12(16(10,13)14)6-9-11-7-4-2-3-5-8(7)15-9/h2-5H,6H2,1H3,(H2,10,13,14). The predicted molar refractivity (Wildman–Crippen MR) is 64.2 cm³/mol. The van der Waals surface area contributed by atoms with Gasteiger partial charge in [0.15, 0.2) is 0 Å². The SMILES string of the molecule is CN(Cc1nc2ccccc2s1)S(N)(=O)=O. The van der Waals surface area contributed by atoms with Crippen molar-refractivity contribution >= 4 is 31.8 Å². The Morgan fingerprint density at radius 3 is 2.75 bits per heavy atom. The van der Waals surface area contributed by atoms with Crippen LogP contribution in [0.1, 0.15) is 5.01 Å². The van der Waals surface area contributed by atoms with Gasteiger partial charge in [0.05, 0.1) is 16.8 Å². The maximum Gasteiger partial charge on any atom is 0.277 e. The molecule has 0 saturated carbocycles. The van der Waals surface area contributed by atoms with Gasteiger partial charge in [-0.05, 0) is 12.1 Å². The summed E-state index contributed by atoms with van der Waals surface area (Å²) in [6.07, 6.45) is 0. The molecule has 2 rings (SSSR count). The highest BCUT2D eigenvalue weighted by molar-refractivity contribution is 7.86. The Kier molecular flexibility index (Phi) is 2.94. The molecule has 0 saturated heterocycles. The first-order valence-corrected chi connectivity index (χ1v) is 6.87. The molecule has 2 aromatic rings. The smallest absolute Gasteiger partial charge is 0.240 e. The number of rotatable bonds is 3. The van der Waals surface area contributed by atoms with E-state index in [9.17, 15) is 8.42 Å². The van der Waals surface area contributed by atoms with Crippen LogP contribution in [-0.2, 0) is 16.8 Å². The van der Waals surface area contributed by atoms with Gasteiger partial charge in [0, 0.05) is 7.05 Å². The number of aromatic nitrogens is 1. The maximum atomic E-state index is 11.0. The number of fused-ring (bicyclic) bond motifs is 1. The van der Waals surface area contributed by atoms with Gasteiger partial charge in [-0.3, -0.25) is 0 Å². The molecule has 1 heterocycles. The van der Waals surface area contributed by atoms with Crippen molar-refractivity contribution in [1.82, 2.24) is 9.29 Å². The van der Waals surface area contributed by atoms with E-state index < -0.39 is 10.2 Å². The van der Waals surface area contributed by atoms with Gasteiger partial charge in [0.1, 0.15) is 5.01 Å². The zero-order chi connectivity index (χ0) is 11.8. The first-order chi connectivity index (χ1) is 7.47. The van der Waals surface area contributed by atoms with Gasteiger partial charge in [-0.15, -0.1) is 11.3 Å². The molecule has 0 bridgehead atoms. The Balaban J connectivity index is 2.29. The van der Waals surface area contributed by atoms with Gasteiger partial charge >= 0.3 is 0 Å². The van der Waals surface area contributed by atoms with E-state index in [0.717, 1.165) is 19.5 Å². The van der Waals surface area contributed by atoms with Crippen LogP contribution in [0.15, 0.2) is 24.3 Å². The Morgan fingerprint density at radius 1 is 1.44 bits per heavy atom. The number of hydrogen-bond donors (Lipinski definition) is 1. The molecule has 1 aromatic carbocycles. The van der Waals surface area contributed by atoms with Crippen LogP contribution >= 0.6 is 11.3 Å². The monoisotopic (exact) mass is 257 g/mol. The van der Waals surface area contributed by atoms with Gasteiger partial charge in [-0.2, -0.15) is 12.7 Å². The average molecular weight is 257 g/mol. The molecular formula is C9H11N3O2S2. The van der Waals surface area contributed by atoms with E-state index in [-0.39, 0.29) is 6.54 Å². The molecule has 2 N–H and O–H groups in total. The largest absolute Gasteiger partial charge is 0.277 e. The van der Waals surface area contributed by atoms with Gasteiger partial charge in [-0.25, -0.2) is 10.1 Å². The fourth-order valence-corrected chi connectivity index (χ4v) is 2.67. The number of thiazole rings is 1. The van der Waals surface area contributed by atoms with Crippen molar-refractivity contribution in [2.75, 3.05) is 7.05 Å². The molecule has 0 unspecified atom stereocenters. The molecule has 86 valence electrons. The van der Waals surface area contributed by atoms with E-state index in [2.05, 4.69) is 4.98 Å². The Hall–Kier alpha value is -1.02. The Labute approximate surface area is 97.7 Å². The van der Waals surface area contributed by atoms with Crippen LogP contribution in [0.25, 0.3) is 10.2 Å². The summed E-state index contributed by atoms with van der Waals surface area (Å²) in [7, 11) is -2.21. The summed E-state index contributed by atoms with van der Waals surface area (Å²) < 4.78 is 24.2. The number of nitrogens with zero attached hydrogens (tertiary/aromatic N) is 2. The molecule has 0 aliphatic heterocycles. The lowest BCUT2D eigenvalue weighted by Crippen LogP contribution is -2.32. The molecule has 16 heavy (non-hydrogen) atoms. The third-order valence-corrected chi connectivity index (χ3v) is 4.15. The lowest BCUT2D eigenvalue weighted by molar-refractivity contribution is 0.467. The van der Waals surface area contributed by atoms with Crippen molar-refractivity contribution in [2.24, 2.45) is 5.14 Å². The maximum absolute atomic E-state index is 11.0. The second-order valence-corrected chi connectivity index (χ2v) is 6.14. The summed E-state index contributed by atoms with van der Waals surface area (Å²) in [5.41, 5.74) is 0.880. The Bertz CT molecular complexity index is 573. The third-order valence-electron chi connectivity index (χ3n) is 2.13. The van der Waals surface area contributed by atoms with Crippen molar-refractivity contribution in [3.05, 3.63) is 29.3 Å². The molecule has 0 aliphatic carbocycles. The van der Waals surface area contributed by atoms with Crippen LogP contribution in [0, 0.1) is 0 Å². The number of nitrogens with two attached hydrogens (primary N) is 1. The number of para-hydroxylation sites is 1. The summed E-state index contributed by atoms with van der Waals surface area (Å²) in [6.45, 7) is 0.207. The van der Waals surface area contributed by atoms with Crippen LogP contribution in [0.5, 0.6) is 0 Å². The minimum absolute atomic E-state index is 0.207. The normalized spacial score (nSPS) is 12.4. The molecule has 1 aromatic heterocycles. The van der Waals surface area contributed by atoms with Crippen LogP contribution in [0.3, 0.4) is 0 Å². The minimum atomic E-state index is -3.64. The molecule has 5 nitrogen and oxygen atoms in total. The van der Waals surface area contributed by atoms with Crippen molar-refractivity contribution in [2.45, 2.75) is 6.54 Å². The minimum Gasteiger partial charge on any atom is -0.240 e. The molecule has 0 radical (unpaired) electrons. The van der Waals surface area contributed by atoms with Crippen molar-refractivity contribution < 1.29 is 8.42 Å². The highest BCUT2D eigenvalue weighted by Gasteiger charge is 2.14. The third kappa shape index (κ3) is 2.38. The fraction of sp³-hybridized carbons (Fsp3) is 0.222. The molecule has 0 atom stereocenters. The van der Waals surface area contributed by atoms with E-state index in [0.29, 0.717) is 0 Å². The first kappa shape index (κ1) is 11.5. The zero-order valence-corrected chi connectivity index (χ0v) is 10.3. The summed E-state index contributed by atoms with van der Waals surface area (Å²) in [5, 5.41) is 5.73. The average Bonchev–Trinajstić information content (AvgIpc) is 2.58. The van der Waals surface area contributed by atoms with E-state index in [1.165, 1.54) is 18.4 Å². The second-order valence-electron chi connectivity index (χ2n) is 3.38. The van der Waals surface area contributed by atoms with Crippen LogP contribution in [0.4, 0.5) is 0 Å². The second kappa shape index (κ2) is 4.10. The van der Waals surface area contributed by atoms with Gasteiger partial charge in [0.25, 0.3) is 10.2 Å². The van der Waals surface area contributed by atoms with Crippen LogP contribution in [0.2, 0.25) is 0 Å². The van der Waals surface area contributed by atoms with Crippen molar-refractivity contribution in [1.29, 1.82) is 0 Å². The highest BCUT2D eigenvalue weighted by Crippen LogP contribution is 2.22. The number of benzene rings is 1. The molecule has 0 spiro atoms.